The third kappa shape index (κ3) is 1.93. The lowest BCUT2D eigenvalue weighted by Gasteiger charge is -2.17. The Kier molecular flexibility index (Phi) is 3.21. The van der Waals surface area contributed by atoms with Crippen molar-refractivity contribution in [2.45, 2.75) is 26.8 Å². The Hall–Kier alpha value is -0.960. The van der Waals surface area contributed by atoms with Gasteiger partial charge in [-0.3, -0.25) is 0 Å². The lowest BCUT2D eigenvalue weighted by Crippen LogP contribution is -2.19. The molecule has 0 fully saturated rings. The molecule has 2 N–H and O–H groups in total. The Morgan fingerprint density at radius 3 is 2.21 bits per heavy atom. The van der Waals surface area contributed by atoms with Gasteiger partial charge in [0.2, 0.25) is 0 Å². The van der Waals surface area contributed by atoms with Crippen molar-refractivity contribution in [3.63, 3.8) is 0 Å². The average Bonchev–Trinajstić information content (AvgIpc) is 2.13. The molecule has 1 aromatic rings. The second-order valence-electron chi connectivity index (χ2n) is 3.87. The third-order valence-corrected chi connectivity index (χ3v) is 2.38. The molecule has 0 saturated heterocycles. The van der Waals surface area contributed by atoms with Gasteiger partial charge in [0, 0.05) is 11.6 Å². The topological polar surface area (TPSA) is 26.0 Å². The van der Waals surface area contributed by atoms with E-state index in [9.17, 15) is 8.78 Å². The van der Waals surface area contributed by atoms with Crippen LogP contribution < -0.4 is 5.73 Å². The van der Waals surface area contributed by atoms with E-state index in [1.54, 1.807) is 12.1 Å². The molecule has 0 unspecified atom stereocenters. The zero-order valence-electron chi connectivity index (χ0n) is 8.64. The summed E-state index contributed by atoms with van der Waals surface area (Å²) in [5.41, 5.74) is 6.31. The van der Waals surface area contributed by atoms with Gasteiger partial charge >= 0.3 is 0 Å². The van der Waals surface area contributed by atoms with E-state index in [2.05, 4.69) is 0 Å². The minimum Gasteiger partial charge on any atom is -0.324 e. The van der Waals surface area contributed by atoms with Gasteiger partial charge in [0.15, 0.2) is 11.6 Å². The Morgan fingerprint density at radius 2 is 1.71 bits per heavy atom. The highest BCUT2D eigenvalue weighted by Crippen LogP contribution is 2.24. The van der Waals surface area contributed by atoms with E-state index in [-0.39, 0.29) is 11.5 Å². The van der Waals surface area contributed by atoms with Crippen LogP contribution in [0.25, 0.3) is 0 Å². The average molecular weight is 199 g/mol. The van der Waals surface area contributed by atoms with Crippen LogP contribution in [-0.4, -0.2) is 0 Å². The summed E-state index contributed by atoms with van der Waals surface area (Å²) in [6, 6.07) is 2.65. The molecule has 0 amide bonds. The molecular formula is C11H15F2N. The molecule has 0 saturated carbocycles. The molecule has 0 aliphatic heterocycles. The molecule has 0 aliphatic carbocycles. The van der Waals surface area contributed by atoms with Gasteiger partial charge in [-0.05, 0) is 18.4 Å². The van der Waals surface area contributed by atoms with Gasteiger partial charge < -0.3 is 5.73 Å². The molecule has 0 radical (unpaired) electrons. The van der Waals surface area contributed by atoms with Gasteiger partial charge in [0.1, 0.15) is 0 Å². The second-order valence-corrected chi connectivity index (χ2v) is 3.87. The fourth-order valence-corrected chi connectivity index (χ4v) is 1.28. The van der Waals surface area contributed by atoms with E-state index >= 15 is 0 Å². The summed E-state index contributed by atoms with van der Waals surface area (Å²) in [5, 5.41) is 0. The minimum atomic E-state index is -0.814. The van der Waals surface area contributed by atoms with Crippen LogP contribution in [0.4, 0.5) is 8.78 Å². The van der Waals surface area contributed by atoms with E-state index in [1.165, 1.54) is 6.92 Å². The predicted octanol–water partition coefficient (Wildman–Crippen LogP) is 2.93. The zero-order valence-corrected chi connectivity index (χ0v) is 8.64. The maximum atomic E-state index is 13.4. The van der Waals surface area contributed by atoms with Gasteiger partial charge in [-0.2, -0.15) is 0 Å². The largest absolute Gasteiger partial charge is 0.324 e. The Morgan fingerprint density at radius 1 is 1.14 bits per heavy atom. The molecule has 0 aliphatic rings. The number of hydrogen-bond donors (Lipinski definition) is 1. The fraction of sp³-hybridized carbons (Fsp3) is 0.455. The molecule has 1 aromatic carbocycles. The first-order valence-corrected chi connectivity index (χ1v) is 4.65. The van der Waals surface area contributed by atoms with Crippen molar-refractivity contribution in [1.29, 1.82) is 0 Å². The van der Waals surface area contributed by atoms with Crippen LogP contribution in [0.1, 0.15) is 31.0 Å². The molecule has 1 nitrogen and oxygen atoms in total. The summed E-state index contributed by atoms with van der Waals surface area (Å²) in [6.45, 7) is 5.28. The minimum absolute atomic E-state index is 0.0895. The number of halogens is 2. The van der Waals surface area contributed by atoms with Gasteiger partial charge in [0.25, 0.3) is 0 Å². The first kappa shape index (κ1) is 11.1. The normalized spacial score (nSPS) is 13.4. The summed E-state index contributed by atoms with van der Waals surface area (Å²) < 4.78 is 26.6. The maximum Gasteiger partial charge on any atom is 0.163 e. The van der Waals surface area contributed by atoms with Crippen LogP contribution in [0, 0.1) is 24.5 Å². The Bertz CT molecular complexity index is 334. The van der Waals surface area contributed by atoms with E-state index in [1.807, 2.05) is 13.8 Å². The van der Waals surface area contributed by atoms with Crippen LogP contribution in [0.5, 0.6) is 0 Å². The van der Waals surface area contributed by atoms with Crippen LogP contribution in [0.2, 0.25) is 0 Å². The fourth-order valence-electron chi connectivity index (χ4n) is 1.28. The smallest absolute Gasteiger partial charge is 0.163 e. The Labute approximate surface area is 82.9 Å². The molecule has 0 bridgehead atoms. The number of nitrogens with two attached hydrogens (primary N) is 1. The van der Waals surface area contributed by atoms with Gasteiger partial charge in [-0.1, -0.05) is 26.0 Å². The van der Waals surface area contributed by atoms with Crippen LogP contribution >= 0.6 is 0 Å². The van der Waals surface area contributed by atoms with Gasteiger partial charge in [-0.15, -0.1) is 0 Å². The quantitative estimate of drug-likeness (QED) is 0.778. The van der Waals surface area contributed by atoms with E-state index < -0.39 is 17.7 Å². The lowest BCUT2D eigenvalue weighted by atomic mass is 9.95. The monoisotopic (exact) mass is 199 g/mol. The number of benzene rings is 1. The maximum absolute atomic E-state index is 13.4. The molecule has 14 heavy (non-hydrogen) atoms. The summed E-state index contributed by atoms with van der Waals surface area (Å²) in [4.78, 5) is 0. The molecular weight excluding hydrogens is 184 g/mol. The van der Waals surface area contributed by atoms with Crippen molar-refractivity contribution in [2.24, 2.45) is 11.7 Å². The number of aryl methyl sites for hydroxylation is 1. The molecule has 3 heteroatoms. The molecule has 0 aromatic heterocycles. The highest BCUT2D eigenvalue weighted by Gasteiger charge is 2.18. The van der Waals surface area contributed by atoms with Crippen molar-refractivity contribution in [2.75, 3.05) is 0 Å². The molecule has 0 heterocycles. The first-order valence-electron chi connectivity index (χ1n) is 4.65. The molecule has 1 rings (SSSR count). The summed E-state index contributed by atoms with van der Waals surface area (Å²) in [5.74, 6) is -1.52. The molecule has 0 spiro atoms. The summed E-state index contributed by atoms with van der Waals surface area (Å²) >= 11 is 0. The number of hydrogen-bond acceptors (Lipinski definition) is 1. The Balaban J connectivity index is 3.17. The summed E-state index contributed by atoms with van der Waals surface area (Å²) in [7, 11) is 0. The molecule has 1 atom stereocenters. The zero-order chi connectivity index (χ0) is 10.9. The SMILES string of the molecule is Cc1ccc([C@H](N)C(C)C)c(F)c1F. The third-order valence-electron chi connectivity index (χ3n) is 2.38. The lowest BCUT2D eigenvalue weighted by molar-refractivity contribution is 0.450. The highest BCUT2D eigenvalue weighted by atomic mass is 19.2. The standard InChI is InChI=1S/C11H15F2N/c1-6(2)11(14)8-5-4-7(3)9(12)10(8)13/h4-6,11H,14H2,1-3H3/t11-/m1/s1. The van der Waals surface area contributed by atoms with E-state index in [0.29, 0.717) is 5.56 Å². The summed E-state index contributed by atoms with van der Waals surface area (Å²) in [6.07, 6.45) is 0. The van der Waals surface area contributed by atoms with Crippen molar-refractivity contribution in [3.05, 3.63) is 34.9 Å². The van der Waals surface area contributed by atoms with Gasteiger partial charge in [0.05, 0.1) is 0 Å². The predicted molar refractivity (Wildman–Crippen MR) is 52.9 cm³/mol. The van der Waals surface area contributed by atoms with E-state index in [0.717, 1.165) is 0 Å². The first-order chi connectivity index (χ1) is 6.45. The van der Waals surface area contributed by atoms with Crippen LogP contribution in [0.15, 0.2) is 12.1 Å². The second kappa shape index (κ2) is 4.05. The van der Waals surface area contributed by atoms with Crippen molar-refractivity contribution in [3.8, 4) is 0 Å². The van der Waals surface area contributed by atoms with E-state index in [4.69, 9.17) is 5.73 Å². The number of rotatable bonds is 2. The van der Waals surface area contributed by atoms with Crippen molar-refractivity contribution >= 4 is 0 Å². The van der Waals surface area contributed by atoms with Crippen LogP contribution in [-0.2, 0) is 0 Å². The van der Waals surface area contributed by atoms with Crippen LogP contribution in [0.3, 0.4) is 0 Å². The van der Waals surface area contributed by atoms with Crippen molar-refractivity contribution in [1.82, 2.24) is 0 Å². The van der Waals surface area contributed by atoms with Gasteiger partial charge in [-0.25, -0.2) is 8.78 Å². The highest BCUT2D eigenvalue weighted by molar-refractivity contribution is 5.27. The van der Waals surface area contributed by atoms with Crippen molar-refractivity contribution < 1.29 is 8.78 Å². The molecule has 78 valence electrons.